The average molecular weight is 287 g/mol. The van der Waals surface area contributed by atoms with Crippen molar-refractivity contribution in [1.29, 1.82) is 0 Å². The first-order valence-corrected chi connectivity index (χ1v) is 8.51. The number of hydrogen-bond donors (Lipinski definition) is 1. The largest absolute Gasteiger partial charge is 0.486 e. The minimum Gasteiger partial charge on any atom is -0.486 e. The summed E-state index contributed by atoms with van der Waals surface area (Å²) in [5.41, 5.74) is 1.38. The minimum absolute atomic E-state index is 0.485. The van der Waals surface area contributed by atoms with E-state index in [0.29, 0.717) is 19.3 Å². The van der Waals surface area contributed by atoms with Crippen LogP contribution in [0.5, 0.6) is 11.5 Å². The van der Waals surface area contributed by atoms with Crippen molar-refractivity contribution >= 4 is 0 Å². The third kappa shape index (κ3) is 2.42. The van der Waals surface area contributed by atoms with E-state index in [1.165, 1.54) is 31.2 Å². The van der Waals surface area contributed by atoms with E-state index in [9.17, 15) is 0 Å². The molecule has 0 saturated heterocycles. The van der Waals surface area contributed by atoms with Gasteiger partial charge in [0.05, 0.1) is 0 Å². The molecule has 3 atom stereocenters. The highest BCUT2D eigenvalue weighted by Crippen LogP contribution is 2.60. The van der Waals surface area contributed by atoms with Crippen LogP contribution in [0.1, 0.15) is 44.2 Å². The highest BCUT2D eigenvalue weighted by Gasteiger charge is 2.54. The van der Waals surface area contributed by atoms with Crippen LogP contribution in [0.3, 0.4) is 0 Å². The molecule has 2 saturated carbocycles. The molecule has 3 heteroatoms. The molecule has 3 unspecified atom stereocenters. The van der Waals surface area contributed by atoms with Crippen molar-refractivity contribution in [2.75, 3.05) is 19.8 Å². The van der Waals surface area contributed by atoms with E-state index in [-0.39, 0.29) is 0 Å². The lowest BCUT2D eigenvalue weighted by atomic mass is 9.99. The van der Waals surface area contributed by atoms with Crippen molar-refractivity contribution in [1.82, 2.24) is 5.32 Å². The van der Waals surface area contributed by atoms with Crippen molar-refractivity contribution in [2.45, 2.75) is 38.6 Å². The molecule has 3 nitrogen and oxygen atoms in total. The van der Waals surface area contributed by atoms with Crippen LogP contribution in [0.2, 0.25) is 0 Å². The maximum atomic E-state index is 5.76. The fourth-order valence-electron chi connectivity index (χ4n) is 4.49. The highest BCUT2D eigenvalue weighted by atomic mass is 16.6. The van der Waals surface area contributed by atoms with Gasteiger partial charge in [-0.3, -0.25) is 0 Å². The van der Waals surface area contributed by atoms with Crippen LogP contribution in [0, 0.1) is 17.8 Å². The highest BCUT2D eigenvalue weighted by molar-refractivity contribution is 5.45. The van der Waals surface area contributed by atoms with E-state index in [1.807, 2.05) is 0 Å². The normalized spacial score (nSPS) is 31.4. The number of hydrogen-bond acceptors (Lipinski definition) is 3. The lowest BCUT2D eigenvalue weighted by molar-refractivity contribution is 0.171. The zero-order chi connectivity index (χ0) is 14.2. The van der Waals surface area contributed by atoms with Gasteiger partial charge in [-0.25, -0.2) is 0 Å². The number of benzene rings is 1. The van der Waals surface area contributed by atoms with Crippen molar-refractivity contribution < 1.29 is 9.47 Å². The Kier molecular flexibility index (Phi) is 3.54. The predicted octanol–water partition coefficient (Wildman–Crippen LogP) is 3.54. The summed E-state index contributed by atoms with van der Waals surface area (Å²) in [5.74, 6) is 4.56. The van der Waals surface area contributed by atoms with E-state index < -0.39 is 0 Å². The average Bonchev–Trinajstić information content (AvgIpc) is 3.26. The molecule has 0 spiro atoms. The maximum absolute atomic E-state index is 5.76. The van der Waals surface area contributed by atoms with Gasteiger partial charge in [-0.1, -0.05) is 25.8 Å². The molecule has 21 heavy (non-hydrogen) atoms. The van der Waals surface area contributed by atoms with Crippen LogP contribution in [0.15, 0.2) is 18.2 Å². The first-order chi connectivity index (χ1) is 10.4. The zero-order valence-electron chi connectivity index (χ0n) is 12.8. The summed E-state index contributed by atoms with van der Waals surface area (Å²) in [4.78, 5) is 0. The first-order valence-electron chi connectivity index (χ1n) is 8.51. The molecule has 3 aliphatic rings. The van der Waals surface area contributed by atoms with Gasteiger partial charge in [0.15, 0.2) is 11.5 Å². The molecule has 2 aliphatic carbocycles. The molecule has 1 aliphatic heterocycles. The zero-order valence-corrected chi connectivity index (χ0v) is 12.8. The SMILES string of the molecule is CCNC(c1ccc2c(c1)OCCO2)C1C2CCCCC21. The van der Waals surface area contributed by atoms with Crippen molar-refractivity contribution in [2.24, 2.45) is 17.8 Å². The summed E-state index contributed by atoms with van der Waals surface area (Å²) >= 11 is 0. The molecule has 1 aromatic rings. The van der Waals surface area contributed by atoms with Crippen LogP contribution in [-0.4, -0.2) is 19.8 Å². The standard InChI is InChI=1S/C18H25NO2/c1-2-19-18(17-13-5-3-4-6-14(13)17)12-7-8-15-16(11-12)21-10-9-20-15/h7-8,11,13-14,17-19H,2-6,9-10H2,1H3. The summed E-state index contributed by atoms with van der Waals surface area (Å²) in [6, 6.07) is 7.00. The Bertz CT molecular complexity index is 504. The van der Waals surface area contributed by atoms with Gasteiger partial charge in [-0.05, 0) is 54.8 Å². The molecule has 1 heterocycles. The number of ether oxygens (including phenoxy) is 2. The van der Waals surface area contributed by atoms with Crippen molar-refractivity contribution in [3.05, 3.63) is 23.8 Å². The monoisotopic (exact) mass is 287 g/mol. The summed E-state index contributed by atoms with van der Waals surface area (Å²) in [5, 5.41) is 3.73. The van der Waals surface area contributed by atoms with Gasteiger partial charge < -0.3 is 14.8 Å². The van der Waals surface area contributed by atoms with Crippen molar-refractivity contribution in [3.63, 3.8) is 0 Å². The molecule has 114 valence electrons. The molecule has 0 radical (unpaired) electrons. The molecule has 0 amide bonds. The fraction of sp³-hybridized carbons (Fsp3) is 0.667. The third-order valence-corrected chi connectivity index (χ3v) is 5.46. The Labute approximate surface area is 127 Å². The molecule has 1 aromatic carbocycles. The van der Waals surface area contributed by atoms with Gasteiger partial charge in [0.25, 0.3) is 0 Å². The van der Waals surface area contributed by atoms with E-state index in [4.69, 9.17) is 9.47 Å². The lowest BCUT2D eigenvalue weighted by Gasteiger charge is -2.23. The van der Waals surface area contributed by atoms with E-state index in [1.54, 1.807) is 0 Å². The lowest BCUT2D eigenvalue weighted by Crippen LogP contribution is -2.24. The van der Waals surface area contributed by atoms with Gasteiger partial charge in [0, 0.05) is 6.04 Å². The molecule has 0 aromatic heterocycles. The predicted molar refractivity (Wildman–Crippen MR) is 82.8 cm³/mol. The summed E-state index contributed by atoms with van der Waals surface area (Å²) in [6.45, 7) is 4.55. The Morgan fingerprint density at radius 1 is 1.10 bits per heavy atom. The van der Waals surface area contributed by atoms with E-state index >= 15 is 0 Å². The molecule has 0 bridgehead atoms. The topological polar surface area (TPSA) is 30.5 Å². The second-order valence-corrected chi connectivity index (χ2v) is 6.63. The summed E-state index contributed by atoms with van der Waals surface area (Å²) in [6.07, 6.45) is 5.72. The molecule has 2 fully saturated rings. The maximum Gasteiger partial charge on any atom is 0.161 e. The van der Waals surface area contributed by atoms with Crippen LogP contribution in [0.4, 0.5) is 0 Å². The molecule has 1 N–H and O–H groups in total. The van der Waals surface area contributed by atoms with Gasteiger partial charge in [0.2, 0.25) is 0 Å². The summed E-state index contributed by atoms with van der Waals surface area (Å²) < 4.78 is 11.4. The van der Waals surface area contributed by atoms with Gasteiger partial charge in [0.1, 0.15) is 13.2 Å². The molecular formula is C18H25NO2. The van der Waals surface area contributed by atoms with Crippen LogP contribution in [0.25, 0.3) is 0 Å². The van der Waals surface area contributed by atoms with Gasteiger partial charge in [-0.2, -0.15) is 0 Å². The number of nitrogens with one attached hydrogen (secondary N) is 1. The van der Waals surface area contributed by atoms with Gasteiger partial charge >= 0.3 is 0 Å². The van der Waals surface area contributed by atoms with Gasteiger partial charge in [-0.15, -0.1) is 0 Å². The van der Waals surface area contributed by atoms with E-state index in [2.05, 4.69) is 30.4 Å². The Balaban J connectivity index is 1.59. The van der Waals surface area contributed by atoms with Crippen LogP contribution in [-0.2, 0) is 0 Å². The Morgan fingerprint density at radius 3 is 2.52 bits per heavy atom. The second kappa shape index (κ2) is 5.53. The second-order valence-electron chi connectivity index (χ2n) is 6.63. The Morgan fingerprint density at radius 2 is 1.81 bits per heavy atom. The quantitative estimate of drug-likeness (QED) is 0.918. The fourth-order valence-corrected chi connectivity index (χ4v) is 4.49. The summed E-state index contributed by atoms with van der Waals surface area (Å²) in [7, 11) is 0. The Hall–Kier alpha value is -1.22. The molecular weight excluding hydrogens is 262 g/mol. The minimum atomic E-state index is 0.485. The van der Waals surface area contributed by atoms with Crippen LogP contribution < -0.4 is 14.8 Å². The third-order valence-electron chi connectivity index (χ3n) is 5.46. The number of fused-ring (bicyclic) bond motifs is 2. The van der Waals surface area contributed by atoms with Crippen molar-refractivity contribution in [3.8, 4) is 11.5 Å². The number of rotatable bonds is 4. The van der Waals surface area contributed by atoms with E-state index in [0.717, 1.165) is 35.8 Å². The van der Waals surface area contributed by atoms with Crippen LogP contribution >= 0.6 is 0 Å². The molecule has 4 rings (SSSR count). The smallest absolute Gasteiger partial charge is 0.161 e. The first kappa shape index (κ1) is 13.4.